The third kappa shape index (κ3) is 10.3. The summed E-state index contributed by atoms with van der Waals surface area (Å²) < 4.78 is 1.15. The summed E-state index contributed by atoms with van der Waals surface area (Å²) in [6, 6.07) is 11.2. The molecule has 0 amide bonds. The van der Waals surface area contributed by atoms with Crippen LogP contribution in [-0.4, -0.2) is 19.6 Å². The van der Waals surface area contributed by atoms with Crippen molar-refractivity contribution in [1.29, 1.82) is 0 Å². The predicted molar refractivity (Wildman–Crippen MR) is 124 cm³/mol. The molecule has 0 aromatic heterocycles. The van der Waals surface area contributed by atoms with Crippen molar-refractivity contribution in [2.75, 3.05) is 19.6 Å². The summed E-state index contributed by atoms with van der Waals surface area (Å²) in [6.07, 6.45) is 20.2. The summed E-state index contributed by atoms with van der Waals surface area (Å²) in [5.41, 5.74) is 1.50. The van der Waals surface area contributed by atoms with E-state index in [0.29, 0.717) is 0 Å². The molecule has 0 aliphatic heterocycles. The topological polar surface area (TPSA) is 0 Å². The highest BCUT2D eigenvalue weighted by Crippen LogP contribution is 2.24. The van der Waals surface area contributed by atoms with Gasteiger partial charge in [-0.25, -0.2) is 0 Å². The number of nitrogens with zero attached hydrogens (tertiary/aromatic N) is 1. The summed E-state index contributed by atoms with van der Waals surface area (Å²) in [5, 5.41) is 0. The molecule has 0 saturated carbocycles. The van der Waals surface area contributed by atoms with Gasteiger partial charge in [-0.3, -0.25) is 4.48 Å². The second-order valence-corrected chi connectivity index (χ2v) is 8.43. The molecule has 0 saturated heterocycles. The van der Waals surface area contributed by atoms with Gasteiger partial charge in [0.2, 0.25) is 0 Å². The van der Waals surface area contributed by atoms with Crippen molar-refractivity contribution >= 4 is 5.69 Å². The number of rotatable bonds is 18. The average Bonchev–Trinajstić information content (AvgIpc) is 2.72. The lowest BCUT2D eigenvalue weighted by Gasteiger charge is -2.36. The predicted octanol–water partition coefficient (Wildman–Crippen LogP) is 8.52. The lowest BCUT2D eigenvalue weighted by molar-refractivity contribution is 0.291. The SMILES string of the molecule is CCCCCCCCCCCCCCCC[N+](CC)(CC)c1ccccc1. The Hall–Kier alpha value is -0.820. The van der Waals surface area contributed by atoms with Crippen molar-refractivity contribution in [2.24, 2.45) is 0 Å². The third-order valence-corrected chi connectivity index (χ3v) is 6.45. The molecule has 1 aromatic rings. The smallest absolute Gasteiger partial charge is 0.132 e. The van der Waals surface area contributed by atoms with Crippen LogP contribution in [0.3, 0.4) is 0 Å². The molecule has 0 fully saturated rings. The molecular formula is C26H48N+. The largest absolute Gasteiger partial charge is 0.292 e. The molecule has 0 heterocycles. The molecule has 1 aromatic carbocycles. The molecule has 156 valence electrons. The molecule has 0 spiro atoms. The van der Waals surface area contributed by atoms with Crippen molar-refractivity contribution in [3.63, 3.8) is 0 Å². The standard InChI is InChI=1S/C26H48N/c1-4-7-8-9-10-11-12-13-14-15-16-17-18-22-25-27(5-2,6-3)26-23-20-19-21-24-26/h19-21,23-24H,4-18,22,25H2,1-3H3/q+1. The summed E-state index contributed by atoms with van der Waals surface area (Å²) in [7, 11) is 0. The zero-order valence-electron chi connectivity index (χ0n) is 18.9. The van der Waals surface area contributed by atoms with Crippen LogP contribution in [-0.2, 0) is 0 Å². The maximum absolute atomic E-state index is 2.35. The van der Waals surface area contributed by atoms with Crippen molar-refractivity contribution < 1.29 is 0 Å². The molecule has 0 unspecified atom stereocenters. The van der Waals surface area contributed by atoms with E-state index in [1.54, 1.807) is 0 Å². The van der Waals surface area contributed by atoms with Crippen LogP contribution in [0.4, 0.5) is 5.69 Å². The number of hydrogen-bond donors (Lipinski definition) is 0. The highest BCUT2D eigenvalue weighted by molar-refractivity contribution is 5.42. The summed E-state index contributed by atoms with van der Waals surface area (Å²) in [6.45, 7) is 10.7. The van der Waals surface area contributed by atoms with Crippen molar-refractivity contribution in [3.05, 3.63) is 30.3 Å². The lowest BCUT2D eigenvalue weighted by atomic mass is 10.0. The Morgan fingerprint density at radius 1 is 0.519 bits per heavy atom. The van der Waals surface area contributed by atoms with E-state index >= 15 is 0 Å². The highest BCUT2D eigenvalue weighted by Gasteiger charge is 2.25. The van der Waals surface area contributed by atoms with Gasteiger partial charge >= 0.3 is 0 Å². The first kappa shape index (κ1) is 24.2. The van der Waals surface area contributed by atoms with Gasteiger partial charge in [-0.05, 0) is 38.8 Å². The quantitative estimate of drug-likeness (QED) is 0.178. The van der Waals surface area contributed by atoms with E-state index < -0.39 is 0 Å². The van der Waals surface area contributed by atoms with Gasteiger partial charge in [-0.1, -0.05) is 102 Å². The molecule has 0 radical (unpaired) electrons. The Labute approximate surface area is 171 Å². The Morgan fingerprint density at radius 3 is 1.33 bits per heavy atom. The molecule has 0 aliphatic carbocycles. The fourth-order valence-electron chi connectivity index (χ4n) is 4.39. The van der Waals surface area contributed by atoms with Crippen LogP contribution >= 0.6 is 0 Å². The van der Waals surface area contributed by atoms with Gasteiger partial charge in [0.05, 0.1) is 19.6 Å². The Bertz CT molecular complexity index is 421. The van der Waals surface area contributed by atoms with E-state index in [0.717, 1.165) is 4.48 Å². The molecule has 0 atom stereocenters. The maximum atomic E-state index is 2.35. The summed E-state index contributed by atoms with van der Waals surface area (Å²) in [5.74, 6) is 0. The fraction of sp³-hybridized carbons (Fsp3) is 0.769. The fourth-order valence-corrected chi connectivity index (χ4v) is 4.39. The Morgan fingerprint density at radius 2 is 0.926 bits per heavy atom. The number of para-hydroxylation sites is 1. The lowest BCUT2D eigenvalue weighted by Crippen LogP contribution is -2.49. The van der Waals surface area contributed by atoms with E-state index in [9.17, 15) is 0 Å². The van der Waals surface area contributed by atoms with Gasteiger partial charge in [-0.2, -0.15) is 0 Å². The normalized spacial score (nSPS) is 11.8. The van der Waals surface area contributed by atoms with Crippen LogP contribution in [0.2, 0.25) is 0 Å². The number of hydrogen-bond acceptors (Lipinski definition) is 0. The van der Waals surface area contributed by atoms with Gasteiger partial charge in [-0.15, -0.1) is 0 Å². The van der Waals surface area contributed by atoms with E-state index in [2.05, 4.69) is 51.1 Å². The van der Waals surface area contributed by atoms with Gasteiger partial charge in [0, 0.05) is 0 Å². The first-order valence-electron chi connectivity index (χ1n) is 12.2. The van der Waals surface area contributed by atoms with Gasteiger partial charge in [0.25, 0.3) is 0 Å². The molecular weight excluding hydrogens is 326 g/mol. The van der Waals surface area contributed by atoms with Gasteiger partial charge < -0.3 is 0 Å². The first-order chi connectivity index (χ1) is 13.3. The third-order valence-electron chi connectivity index (χ3n) is 6.45. The van der Waals surface area contributed by atoms with Crippen LogP contribution in [0.5, 0.6) is 0 Å². The average molecular weight is 375 g/mol. The van der Waals surface area contributed by atoms with Crippen molar-refractivity contribution in [3.8, 4) is 0 Å². The minimum Gasteiger partial charge on any atom is -0.292 e. The second-order valence-electron chi connectivity index (χ2n) is 8.43. The maximum Gasteiger partial charge on any atom is 0.132 e. The Balaban J connectivity index is 2.01. The highest BCUT2D eigenvalue weighted by atomic mass is 15.3. The van der Waals surface area contributed by atoms with E-state index in [1.807, 2.05) is 0 Å². The molecule has 0 aliphatic rings. The monoisotopic (exact) mass is 374 g/mol. The van der Waals surface area contributed by atoms with E-state index in [1.165, 1.54) is 115 Å². The number of benzene rings is 1. The minimum absolute atomic E-state index is 1.15. The first-order valence-corrected chi connectivity index (χ1v) is 12.2. The Kier molecular flexibility index (Phi) is 14.5. The molecule has 1 heteroatoms. The molecule has 1 nitrogen and oxygen atoms in total. The van der Waals surface area contributed by atoms with Crippen LogP contribution < -0.4 is 4.48 Å². The molecule has 1 rings (SSSR count). The van der Waals surface area contributed by atoms with Crippen LogP contribution in [0.15, 0.2) is 30.3 Å². The minimum atomic E-state index is 1.15. The molecule has 0 N–H and O–H groups in total. The zero-order chi connectivity index (χ0) is 19.6. The van der Waals surface area contributed by atoms with Crippen molar-refractivity contribution in [2.45, 2.75) is 111 Å². The van der Waals surface area contributed by atoms with E-state index in [-0.39, 0.29) is 0 Å². The van der Waals surface area contributed by atoms with Crippen LogP contribution in [0.25, 0.3) is 0 Å². The zero-order valence-corrected chi connectivity index (χ0v) is 18.9. The van der Waals surface area contributed by atoms with E-state index in [4.69, 9.17) is 0 Å². The summed E-state index contributed by atoms with van der Waals surface area (Å²) >= 11 is 0. The number of unbranched alkanes of at least 4 members (excludes halogenated alkanes) is 13. The number of quaternary nitrogens is 1. The summed E-state index contributed by atoms with van der Waals surface area (Å²) in [4.78, 5) is 0. The van der Waals surface area contributed by atoms with Crippen LogP contribution in [0, 0.1) is 0 Å². The second kappa shape index (κ2) is 16.2. The van der Waals surface area contributed by atoms with Crippen molar-refractivity contribution in [1.82, 2.24) is 4.48 Å². The van der Waals surface area contributed by atoms with Crippen LogP contribution in [0.1, 0.15) is 111 Å². The molecule has 27 heavy (non-hydrogen) atoms. The molecule has 0 bridgehead atoms. The van der Waals surface area contributed by atoms with Gasteiger partial charge in [0.1, 0.15) is 5.69 Å². The van der Waals surface area contributed by atoms with Gasteiger partial charge in [0.15, 0.2) is 0 Å².